The molecule has 0 aromatic heterocycles. The number of hydrogen-bond acceptors (Lipinski definition) is 3. The van der Waals surface area contributed by atoms with Gasteiger partial charge >= 0.3 is 5.97 Å². The summed E-state index contributed by atoms with van der Waals surface area (Å²) in [6.07, 6.45) is 5.50. The maximum atomic E-state index is 11.1. The second-order valence-electron chi connectivity index (χ2n) is 5.51. The van der Waals surface area contributed by atoms with E-state index in [1.54, 1.807) is 0 Å². The molecule has 0 spiro atoms. The molecule has 0 aliphatic rings. The lowest BCUT2D eigenvalue weighted by molar-refractivity contribution is -0.143. The topological polar surface area (TPSA) is 46.5 Å². The third-order valence-corrected chi connectivity index (χ3v) is 2.87. The Morgan fingerprint density at radius 2 is 1.88 bits per heavy atom. The van der Waals surface area contributed by atoms with Crippen molar-refractivity contribution in [2.24, 2.45) is 5.92 Å². The van der Waals surface area contributed by atoms with Gasteiger partial charge in [-0.3, -0.25) is 4.79 Å². The van der Waals surface area contributed by atoms with Crippen LogP contribution in [0.3, 0.4) is 0 Å². The van der Waals surface area contributed by atoms with Crippen LogP contribution >= 0.6 is 0 Å². The summed E-state index contributed by atoms with van der Waals surface area (Å²) in [5.74, 6) is 0.531. The Labute approximate surface area is 106 Å². The van der Waals surface area contributed by atoms with Gasteiger partial charge in [-0.2, -0.15) is 0 Å². The van der Waals surface area contributed by atoms with Crippen molar-refractivity contribution in [2.45, 2.75) is 71.8 Å². The second-order valence-corrected chi connectivity index (χ2v) is 5.51. The number of carbonyl (C=O) groups is 1. The van der Waals surface area contributed by atoms with Crippen molar-refractivity contribution in [1.29, 1.82) is 0 Å². The van der Waals surface area contributed by atoms with Gasteiger partial charge in [0.05, 0.1) is 12.2 Å². The van der Waals surface area contributed by atoms with Crippen molar-refractivity contribution in [2.75, 3.05) is 6.61 Å². The highest BCUT2D eigenvalue weighted by molar-refractivity contribution is 5.69. The first-order chi connectivity index (χ1) is 7.85. The maximum Gasteiger partial charge on any atom is 0.305 e. The van der Waals surface area contributed by atoms with E-state index >= 15 is 0 Å². The number of carbonyl (C=O) groups excluding carboxylic acids is 1. The van der Waals surface area contributed by atoms with Crippen molar-refractivity contribution in [1.82, 2.24) is 0 Å². The highest BCUT2D eigenvalue weighted by atomic mass is 16.5. The predicted molar refractivity (Wildman–Crippen MR) is 69.8 cm³/mol. The Morgan fingerprint density at radius 1 is 1.29 bits per heavy atom. The van der Waals surface area contributed by atoms with Gasteiger partial charge in [0.15, 0.2) is 0 Å². The zero-order valence-corrected chi connectivity index (χ0v) is 11.8. The summed E-state index contributed by atoms with van der Waals surface area (Å²) in [4.78, 5) is 11.1. The molecule has 1 N–H and O–H groups in total. The zero-order chi connectivity index (χ0) is 13.3. The van der Waals surface area contributed by atoms with Gasteiger partial charge in [0.25, 0.3) is 0 Å². The number of rotatable bonds is 9. The van der Waals surface area contributed by atoms with E-state index in [1.807, 2.05) is 20.8 Å². The smallest absolute Gasteiger partial charge is 0.305 e. The lowest BCUT2D eigenvalue weighted by Gasteiger charge is -2.18. The molecule has 0 radical (unpaired) electrons. The molecule has 3 heteroatoms. The van der Waals surface area contributed by atoms with Crippen LogP contribution in [0, 0.1) is 5.92 Å². The maximum absolute atomic E-state index is 11.1. The highest BCUT2D eigenvalue weighted by Gasteiger charge is 2.13. The van der Waals surface area contributed by atoms with Crippen LogP contribution in [0.15, 0.2) is 0 Å². The zero-order valence-electron chi connectivity index (χ0n) is 11.8. The molecule has 0 rings (SSSR count). The minimum absolute atomic E-state index is 0.0869. The first-order valence-corrected chi connectivity index (χ1v) is 6.73. The largest absolute Gasteiger partial charge is 0.466 e. The van der Waals surface area contributed by atoms with Crippen LogP contribution in [0.4, 0.5) is 0 Å². The van der Waals surface area contributed by atoms with Gasteiger partial charge < -0.3 is 9.84 Å². The average molecular weight is 244 g/mol. The van der Waals surface area contributed by atoms with E-state index in [2.05, 4.69) is 6.92 Å². The third-order valence-electron chi connectivity index (χ3n) is 2.87. The molecule has 0 aliphatic carbocycles. The van der Waals surface area contributed by atoms with Gasteiger partial charge in [-0.1, -0.05) is 26.2 Å². The quantitative estimate of drug-likeness (QED) is 0.633. The SMILES string of the molecule is CCOC(=O)CCCC(C)CCCC(C)(C)O. The van der Waals surface area contributed by atoms with Crippen LogP contribution in [-0.2, 0) is 9.53 Å². The molecule has 1 unspecified atom stereocenters. The molecule has 0 aromatic rings. The minimum atomic E-state index is -0.551. The highest BCUT2D eigenvalue weighted by Crippen LogP contribution is 2.19. The van der Waals surface area contributed by atoms with Crippen LogP contribution in [-0.4, -0.2) is 23.3 Å². The number of esters is 1. The number of aliphatic hydroxyl groups is 1. The molecule has 0 fully saturated rings. The molecule has 1 atom stereocenters. The van der Waals surface area contributed by atoms with Crippen LogP contribution in [0.25, 0.3) is 0 Å². The molecule has 0 saturated heterocycles. The normalized spacial score (nSPS) is 13.5. The standard InChI is InChI=1S/C14H28O3/c1-5-17-13(15)10-6-8-12(2)9-7-11-14(3,4)16/h12,16H,5-11H2,1-4H3. The summed E-state index contributed by atoms with van der Waals surface area (Å²) in [5.41, 5.74) is -0.551. The van der Waals surface area contributed by atoms with Crippen LogP contribution < -0.4 is 0 Å². The van der Waals surface area contributed by atoms with Crippen LogP contribution in [0.5, 0.6) is 0 Å². The molecule has 0 aliphatic heterocycles. The van der Waals surface area contributed by atoms with Crippen LogP contribution in [0.2, 0.25) is 0 Å². The van der Waals surface area contributed by atoms with Gasteiger partial charge in [0, 0.05) is 6.42 Å². The molecular formula is C14H28O3. The van der Waals surface area contributed by atoms with Gasteiger partial charge in [-0.15, -0.1) is 0 Å². The summed E-state index contributed by atoms with van der Waals surface area (Å²) in [6.45, 7) is 8.20. The Kier molecular flexibility index (Phi) is 8.23. The van der Waals surface area contributed by atoms with Gasteiger partial charge in [-0.05, 0) is 39.5 Å². The minimum Gasteiger partial charge on any atom is -0.466 e. The Balaban J connectivity index is 3.47. The molecule has 0 amide bonds. The van der Waals surface area contributed by atoms with Crippen molar-refractivity contribution in [3.05, 3.63) is 0 Å². The molecule has 17 heavy (non-hydrogen) atoms. The Bertz CT molecular complexity index is 206. The first kappa shape index (κ1) is 16.4. The molecule has 0 bridgehead atoms. The van der Waals surface area contributed by atoms with Crippen molar-refractivity contribution >= 4 is 5.97 Å². The monoisotopic (exact) mass is 244 g/mol. The second kappa shape index (κ2) is 8.51. The number of ether oxygens (including phenoxy) is 1. The summed E-state index contributed by atoms with van der Waals surface area (Å²) >= 11 is 0. The van der Waals surface area contributed by atoms with Gasteiger partial charge in [0.2, 0.25) is 0 Å². The van der Waals surface area contributed by atoms with E-state index in [0.717, 1.165) is 32.1 Å². The lowest BCUT2D eigenvalue weighted by Crippen LogP contribution is -2.18. The van der Waals surface area contributed by atoms with E-state index in [9.17, 15) is 9.90 Å². The first-order valence-electron chi connectivity index (χ1n) is 6.73. The Morgan fingerprint density at radius 3 is 2.41 bits per heavy atom. The lowest BCUT2D eigenvalue weighted by atomic mass is 9.94. The van der Waals surface area contributed by atoms with Crippen molar-refractivity contribution in [3.63, 3.8) is 0 Å². The van der Waals surface area contributed by atoms with E-state index in [-0.39, 0.29) is 5.97 Å². The van der Waals surface area contributed by atoms with Gasteiger partial charge in [-0.25, -0.2) is 0 Å². The summed E-state index contributed by atoms with van der Waals surface area (Å²) < 4.78 is 4.88. The van der Waals surface area contributed by atoms with E-state index < -0.39 is 5.60 Å². The Hall–Kier alpha value is -0.570. The molecule has 0 saturated carbocycles. The summed E-state index contributed by atoms with van der Waals surface area (Å²) in [6, 6.07) is 0. The van der Waals surface area contributed by atoms with E-state index in [1.165, 1.54) is 0 Å². The molecule has 102 valence electrons. The fraction of sp³-hybridized carbons (Fsp3) is 0.929. The fourth-order valence-corrected chi connectivity index (χ4v) is 1.86. The fourth-order valence-electron chi connectivity index (χ4n) is 1.86. The summed E-state index contributed by atoms with van der Waals surface area (Å²) in [5, 5.41) is 9.58. The van der Waals surface area contributed by atoms with Crippen LogP contribution in [0.1, 0.15) is 66.2 Å². The molecule has 0 aromatic carbocycles. The molecule has 3 nitrogen and oxygen atoms in total. The average Bonchev–Trinajstić information content (AvgIpc) is 2.16. The predicted octanol–water partition coefficient (Wildman–Crippen LogP) is 3.30. The molecule has 0 heterocycles. The van der Waals surface area contributed by atoms with Crippen molar-refractivity contribution in [3.8, 4) is 0 Å². The van der Waals surface area contributed by atoms with Crippen molar-refractivity contribution < 1.29 is 14.6 Å². The third kappa shape index (κ3) is 11.7. The van der Waals surface area contributed by atoms with Gasteiger partial charge in [0.1, 0.15) is 0 Å². The van der Waals surface area contributed by atoms with E-state index in [4.69, 9.17) is 4.74 Å². The molecular weight excluding hydrogens is 216 g/mol. The summed E-state index contributed by atoms with van der Waals surface area (Å²) in [7, 11) is 0. The number of hydrogen-bond donors (Lipinski definition) is 1. The van der Waals surface area contributed by atoms with E-state index in [0.29, 0.717) is 18.9 Å².